The van der Waals surface area contributed by atoms with Crippen LogP contribution < -0.4 is 0 Å². The maximum Gasteiger partial charge on any atom is 0.0443 e. The van der Waals surface area contributed by atoms with E-state index < -0.39 is 0 Å². The zero-order valence-electron chi connectivity index (χ0n) is 30.8. The van der Waals surface area contributed by atoms with Crippen LogP contribution >= 0.6 is 0 Å². The zero-order chi connectivity index (χ0) is 32.6. The van der Waals surface area contributed by atoms with Crippen LogP contribution in [-0.4, -0.2) is 36.2 Å². The fourth-order valence-corrected chi connectivity index (χ4v) is 5.98. The van der Waals surface area contributed by atoms with Crippen molar-refractivity contribution in [1.82, 2.24) is 4.90 Å². The van der Waals surface area contributed by atoms with Gasteiger partial charge in [-0.15, -0.1) is 0 Å². The topological polar surface area (TPSA) is 23.5 Å². The highest BCUT2D eigenvalue weighted by atomic mass is 16.3. The minimum Gasteiger partial charge on any atom is -0.396 e. The van der Waals surface area contributed by atoms with Crippen molar-refractivity contribution in [3.8, 4) is 0 Å². The van der Waals surface area contributed by atoms with Crippen molar-refractivity contribution in [2.75, 3.05) is 26.2 Å². The second-order valence-corrected chi connectivity index (χ2v) is 13.5. The van der Waals surface area contributed by atoms with Gasteiger partial charge < -0.3 is 10.0 Å². The van der Waals surface area contributed by atoms with Crippen LogP contribution in [0.2, 0.25) is 0 Å². The maximum absolute atomic E-state index is 9.33. The summed E-state index contributed by atoms with van der Waals surface area (Å²) in [5, 5.41) is 9.33. The maximum atomic E-state index is 9.33. The largest absolute Gasteiger partial charge is 0.396 e. The van der Waals surface area contributed by atoms with Crippen molar-refractivity contribution in [1.29, 1.82) is 0 Å². The molecule has 1 N–H and O–H groups in total. The summed E-state index contributed by atoms with van der Waals surface area (Å²) < 4.78 is 0. The van der Waals surface area contributed by atoms with Gasteiger partial charge in [0.1, 0.15) is 0 Å². The molecule has 0 atom stereocenters. The van der Waals surface area contributed by atoms with E-state index >= 15 is 0 Å². The molecule has 0 spiro atoms. The van der Waals surface area contributed by atoms with Gasteiger partial charge in [0.25, 0.3) is 0 Å². The minimum absolute atomic E-state index is 0.328. The van der Waals surface area contributed by atoms with Gasteiger partial charge in [-0.05, 0) is 96.6 Å². The molecule has 0 radical (unpaired) electrons. The Labute approximate surface area is 284 Å². The molecule has 0 aliphatic rings. The van der Waals surface area contributed by atoms with Crippen LogP contribution in [0.1, 0.15) is 200 Å². The molecule has 0 aliphatic heterocycles. The van der Waals surface area contributed by atoms with Crippen molar-refractivity contribution < 1.29 is 5.11 Å². The predicted octanol–water partition coefficient (Wildman–Crippen LogP) is 13.9. The van der Waals surface area contributed by atoms with Crippen LogP contribution in [0.5, 0.6) is 0 Å². The first-order chi connectivity index (χ1) is 22.3. The van der Waals surface area contributed by atoms with Gasteiger partial charge in [-0.25, -0.2) is 0 Å². The van der Waals surface area contributed by atoms with Crippen molar-refractivity contribution >= 4 is 0 Å². The van der Waals surface area contributed by atoms with Gasteiger partial charge in [-0.2, -0.15) is 0 Å². The van der Waals surface area contributed by atoms with Gasteiger partial charge in [0, 0.05) is 13.2 Å². The number of hydrogen-bond donors (Lipinski definition) is 1. The lowest BCUT2D eigenvalue weighted by atomic mass is 10.1. The Morgan fingerprint density at radius 2 is 0.622 bits per heavy atom. The van der Waals surface area contributed by atoms with E-state index in [0.29, 0.717) is 6.61 Å². The summed E-state index contributed by atoms with van der Waals surface area (Å²) in [6.07, 6.45) is 57.2. The van der Waals surface area contributed by atoms with E-state index in [1.807, 2.05) is 0 Å². The Morgan fingerprint density at radius 3 is 0.956 bits per heavy atom. The van der Waals surface area contributed by atoms with Crippen LogP contribution in [0.15, 0.2) is 48.6 Å². The van der Waals surface area contributed by atoms with E-state index in [0.717, 1.165) is 25.8 Å². The molecule has 0 saturated heterocycles. The van der Waals surface area contributed by atoms with E-state index in [-0.39, 0.29) is 0 Å². The molecule has 0 saturated carbocycles. The Balaban J connectivity index is 3.55. The number of rotatable bonds is 37. The van der Waals surface area contributed by atoms with E-state index in [2.05, 4.69) is 67.4 Å². The Hall–Kier alpha value is -1.12. The van der Waals surface area contributed by atoms with Gasteiger partial charge in [-0.1, -0.05) is 165 Å². The highest BCUT2D eigenvalue weighted by molar-refractivity contribution is 4.93. The Bertz CT molecular complexity index is 596. The molecule has 0 aromatic heterocycles. The number of hydrogen-bond acceptors (Lipinski definition) is 2. The van der Waals surface area contributed by atoms with Gasteiger partial charge in [0.15, 0.2) is 0 Å². The number of aliphatic hydroxyl groups is 1. The molecule has 0 amide bonds. The lowest BCUT2D eigenvalue weighted by molar-refractivity contribution is 0.217. The third kappa shape index (κ3) is 39.0. The Morgan fingerprint density at radius 1 is 0.333 bits per heavy atom. The summed E-state index contributed by atoms with van der Waals surface area (Å²) in [6.45, 7) is 8.39. The van der Waals surface area contributed by atoms with Crippen LogP contribution in [0.3, 0.4) is 0 Å². The minimum atomic E-state index is 0.328. The molecule has 0 aliphatic carbocycles. The molecule has 0 fully saturated rings. The van der Waals surface area contributed by atoms with E-state index in [1.165, 1.54) is 180 Å². The van der Waals surface area contributed by atoms with Crippen LogP contribution in [0.4, 0.5) is 0 Å². The number of unbranched alkanes of at least 4 members (excludes halogenated alkanes) is 22. The number of aliphatic hydroxyl groups excluding tert-OH is 1. The second kappa shape index (κ2) is 40.9. The number of nitrogens with zero attached hydrogens (tertiary/aromatic N) is 1. The zero-order valence-corrected chi connectivity index (χ0v) is 30.8. The first-order valence-corrected chi connectivity index (χ1v) is 20.3. The normalized spacial score (nSPS) is 12.4. The molecule has 0 rings (SSSR count). The molecule has 2 heteroatoms. The first kappa shape index (κ1) is 43.9. The molecule has 264 valence electrons. The quantitative estimate of drug-likeness (QED) is 0.0547. The molecular weight excluding hydrogens is 546 g/mol. The summed E-state index contributed by atoms with van der Waals surface area (Å²) in [5.74, 6) is 0. The van der Waals surface area contributed by atoms with E-state index in [1.54, 1.807) is 0 Å². The van der Waals surface area contributed by atoms with Gasteiger partial charge in [0.05, 0.1) is 0 Å². The van der Waals surface area contributed by atoms with Crippen molar-refractivity contribution in [3.63, 3.8) is 0 Å². The third-order valence-electron chi connectivity index (χ3n) is 8.98. The van der Waals surface area contributed by atoms with Crippen molar-refractivity contribution in [3.05, 3.63) is 48.6 Å². The standard InChI is InChI=1S/C43H81NO/c1-3-5-7-9-11-13-15-17-19-21-23-25-27-29-31-33-35-37-40-44(42-39-43-45)41-38-36-34-32-30-28-26-24-22-20-18-16-14-12-10-8-6-4-2/h11-14,17-20,45H,3-10,15-16,21-43H2,1-2H3/b13-11-,14-12-,19-17-,20-18-. The van der Waals surface area contributed by atoms with Crippen LogP contribution in [0.25, 0.3) is 0 Å². The molecule has 0 aromatic rings. The summed E-state index contributed by atoms with van der Waals surface area (Å²) in [7, 11) is 0. The number of allylic oxidation sites excluding steroid dienone is 8. The van der Waals surface area contributed by atoms with E-state index in [9.17, 15) is 5.11 Å². The van der Waals surface area contributed by atoms with Crippen molar-refractivity contribution in [2.24, 2.45) is 0 Å². The average molecular weight is 628 g/mol. The van der Waals surface area contributed by atoms with Gasteiger partial charge in [0.2, 0.25) is 0 Å². The smallest absolute Gasteiger partial charge is 0.0443 e. The van der Waals surface area contributed by atoms with Gasteiger partial charge >= 0.3 is 0 Å². The highest BCUT2D eigenvalue weighted by Gasteiger charge is 2.04. The van der Waals surface area contributed by atoms with Crippen LogP contribution in [-0.2, 0) is 0 Å². The molecule has 0 aromatic carbocycles. The lowest BCUT2D eigenvalue weighted by Gasteiger charge is -2.22. The molecule has 0 unspecified atom stereocenters. The lowest BCUT2D eigenvalue weighted by Crippen LogP contribution is -2.27. The first-order valence-electron chi connectivity index (χ1n) is 20.3. The van der Waals surface area contributed by atoms with E-state index in [4.69, 9.17) is 0 Å². The van der Waals surface area contributed by atoms with Crippen molar-refractivity contribution in [2.45, 2.75) is 200 Å². The average Bonchev–Trinajstić information content (AvgIpc) is 3.05. The van der Waals surface area contributed by atoms with Crippen LogP contribution in [0, 0.1) is 0 Å². The fraction of sp³-hybridized carbons (Fsp3) is 0.814. The summed E-state index contributed by atoms with van der Waals surface area (Å²) in [5.41, 5.74) is 0. The third-order valence-corrected chi connectivity index (χ3v) is 8.98. The summed E-state index contributed by atoms with van der Waals surface area (Å²) in [6, 6.07) is 0. The SMILES string of the molecule is CCCCC/C=C\C/C=C\CCCCCCCCCCN(CCCO)CCCCCCCCCC/C=C\C/C=C\CCCCC. The monoisotopic (exact) mass is 628 g/mol. The van der Waals surface area contributed by atoms with Gasteiger partial charge in [-0.3, -0.25) is 0 Å². The highest BCUT2D eigenvalue weighted by Crippen LogP contribution is 2.13. The second-order valence-electron chi connectivity index (χ2n) is 13.5. The fourth-order valence-electron chi connectivity index (χ4n) is 5.98. The summed E-state index contributed by atoms with van der Waals surface area (Å²) in [4.78, 5) is 2.63. The molecule has 0 bridgehead atoms. The molecule has 0 heterocycles. The molecule has 2 nitrogen and oxygen atoms in total. The molecule has 45 heavy (non-hydrogen) atoms. The predicted molar refractivity (Wildman–Crippen MR) is 205 cm³/mol. The summed E-state index contributed by atoms with van der Waals surface area (Å²) >= 11 is 0. The molecular formula is C43H81NO. The Kier molecular flexibility index (Phi) is 39.9.